The quantitative estimate of drug-likeness (QED) is 0.888. The van der Waals surface area contributed by atoms with Crippen molar-refractivity contribution in [2.75, 3.05) is 13.2 Å². The molecule has 1 aliphatic heterocycles. The van der Waals surface area contributed by atoms with Crippen LogP contribution in [0.3, 0.4) is 0 Å². The highest BCUT2D eigenvalue weighted by molar-refractivity contribution is 7.92. The minimum atomic E-state index is -3.65. The third kappa shape index (κ3) is 2.57. The molecule has 3 rings (SSSR count). The molecule has 25 heavy (non-hydrogen) atoms. The van der Waals surface area contributed by atoms with Gasteiger partial charge in [0.05, 0.1) is 29.0 Å². The Kier molecular flexibility index (Phi) is 4.77. The van der Waals surface area contributed by atoms with Crippen LogP contribution in [0.15, 0.2) is 35.2 Å². The van der Waals surface area contributed by atoms with Gasteiger partial charge in [-0.2, -0.15) is 0 Å². The van der Waals surface area contributed by atoms with E-state index in [2.05, 4.69) is 0 Å². The highest BCUT2D eigenvalue weighted by atomic mass is 32.2. The Morgan fingerprint density at radius 1 is 1.08 bits per heavy atom. The van der Waals surface area contributed by atoms with E-state index in [1.54, 1.807) is 30.3 Å². The minimum absolute atomic E-state index is 0.278. The summed E-state index contributed by atoms with van der Waals surface area (Å²) in [5.41, 5.74) is -1.18. The van der Waals surface area contributed by atoms with E-state index < -0.39 is 38.3 Å². The van der Waals surface area contributed by atoms with E-state index >= 15 is 0 Å². The molecule has 1 saturated carbocycles. The fraction of sp³-hybridized carbons (Fsp3) is 0.684. The Hall–Kier alpha value is -0.950. The summed E-state index contributed by atoms with van der Waals surface area (Å²) >= 11 is 0. The van der Waals surface area contributed by atoms with Crippen molar-refractivity contribution in [3.8, 4) is 0 Å². The summed E-state index contributed by atoms with van der Waals surface area (Å²) in [5, 5.41) is 10.6. The monoisotopic (exact) mass is 368 g/mol. The molecule has 1 aliphatic carbocycles. The predicted molar refractivity (Wildman–Crippen MR) is 94.8 cm³/mol. The Morgan fingerprint density at radius 3 is 2.16 bits per heavy atom. The largest absolute Gasteiger partial charge is 0.389 e. The number of sulfone groups is 1. The molecule has 5 atom stereocenters. The first-order chi connectivity index (χ1) is 11.7. The average Bonchev–Trinajstić information content (AvgIpc) is 3.10. The molecular formula is C19H28O5S. The fourth-order valence-corrected chi connectivity index (χ4v) is 7.32. The van der Waals surface area contributed by atoms with Gasteiger partial charge in [0.15, 0.2) is 15.6 Å². The Labute approximate surface area is 150 Å². The molecule has 5 nitrogen and oxygen atoms in total. The molecule has 2 aliphatic rings. The van der Waals surface area contributed by atoms with Crippen LogP contribution in [-0.4, -0.2) is 43.4 Å². The molecule has 0 radical (unpaired) electrons. The molecule has 1 N–H and O–H groups in total. The number of benzene rings is 1. The number of ether oxygens (including phenoxy) is 2. The third-order valence-electron chi connectivity index (χ3n) is 6.50. The second-order valence-corrected chi connectivity index (χ2v) is 9.49. The van der Waals surface area contributed by atoms with Crippen LogP contribution in [0.5, 0.6) is 0 Å². The Balaban J connectivity index is 2.15. The Bertz CT molecular complexity index is 711. The van der Waals surface area contributed by atoms with Gasteiger partial charge >= 0.3 is 0 Å². The van der Waals surface area contributed by atoms with Crippen LogP contribution >= 0.6 is 0 Å². The lowest BCUT2D eigenvalue weighted by Crippen LogP contribution is -2.68. The summed E-state index contributed by atoms with van der Waals surface area (Å²) in [5.74, 6) is -2.22. The maximum Gasteiger partial charge on any atom is 0.182 e. The lowest BCUT2D eigenvalue weighted by atomic mass is 9.61. The summed E-state index contributed by atoms with van der Waals surface area (Å²) in [6.45, 7) is 8.34. The predicted octanol–water partition coefficient (Wildman–Crippen LogP) is 2.64. The van der Waals surface area contributed by atoms with E-state index in [4.69, 9.17) is 9.47 Å². The molecule has 0 unspecified atom stereocenters. The zero-order valence-electron chi connectivity index (χ0n) is 15.3. The van der Waals surface area contributed by atoms with Crippen LogP contribution < -0.4 is 0 Å². The first kappa shape index (κ1) is 18.8. The fourth-order valence-electron chi connectivity index (χ4n) is 4.97. The maximum absolute atomic E-state index is 13.4. The van der Waals surface area contributed by atoms with Crippen LogP contribution in [-0.2, 0) is 19.3 Å². The molecule has 1 aromatic rings. The second kappa shape index (κ2) is 6.34. The van der Waals surface area contributed by atoms with Crippen molar-refractivity contribution in [2.45, 2.75) is 55.6 Å². The molecule has 2 fully saturated rings. The normalized spacial score (nSPS) is 38.1. The van der Waals surface area contributed by atoms with Gasteiger partial charge in [-0.05, 0) is 18.6 Å². The summed E-state index contributed by atoms with van der Waals surface area (Å²) in [6.07, 6.45) is 0.442. The van der Waals surface area contributed by atoms with E-state index in [-0.39, 0.29) is 10.8 Å². The van der Waals surface area contributed by atoms with Crippen LogP contribution in [0.2, 0.25) is 0 Å². The molecule has 1 heterocycles. The van der Waals surface area contributed by atoms with Crippen LogP contribution in [0.4, 0.5) is 0 Å². The lowest BCUT2D eigenvalue weighted by Gasteiger charge is -2.57. The average molecular weight is 368 g/mol. The second-order valence-electron chi connectivity index (χ2n) is 7.38. The van der Waals surface area contributed by atoms with Crippen molar-refractivity contribution in [1.29, 1.82) is 0 Å². The van der Waals surface area contributed by atoms with E-state index in [9.17, 15) is 13.5 Å². The summed E-state index contributed by atoms with van der Waals surface area (Å²) < 4.78 is 38.8. The van der Waals surface area contributed by atoms with Gasteiger partial charge in [0.1, 0.15) is 0 Å². The highest BCUT2D eigenvalue weighted by Crippen LogP contribution is 2.54. The lowest BCUT2D eigenvalue weighted by molar-refractivity contribution is -0.293. The van der Waals surface area contributed by atoms with E-state index in [1.165, 1.54) is 0 Å². The van der Waals surface area contributed by atoms with Crippen molar-refractivity contribution in [3.05, 3.63) is 30.3 Å². The van der Waals surface area contributed by atoms with Gasteiger partial charge < -0.3 is 14.6 Å². The highest BCUT2D eigenvalue weighted by Gasteiger charge is 2.66. The molecule has 0 aromatic heterocycles. The van der Waals surface area contributed by atoms with Gasteiger partial charge in [0.2, 0.25) is 0 Å². The van der Waals surface area contributed by atoms with Gasteiger partial charge in [0, 0.05) is 17.8 Å². The van der Waals surface area contributed by atoms with Gasteiger partial charge in [-0.25, -0.2) is 8.42 Å². The first-order valence-corrected chi connectivity index (χ1v) is 10.6. The van der Waals surface area contributed by atoms with Gasteiger partial charge in [-0.1, -0.05) is 45.9 Å². The molecule has 0 amide bonds. The zero-order valence-corrected chi connectivity index (χ0v) is 16.1. The van der Waals surface area contributed by atoms with Crippen LogP contribution in [0, 0.1) is 17.8 Å². The SMILES string of the molecule is CC[C@@]1(O)[C@H](C)C2(OCCO2)[C@@H](C)[C@@H](S(=O)(=O)c2ccccc2)[C@@H]1C. The van der Waals surface area contributed by atoms with Crippen molar-refractivity contribution in [3.63, 3.8) is 0 Å². The standard InChI is InChI=1S/C19H28O5S/c1-5-18(20)13(2)17(25(21,22)16-9-7-6-8-10-16)14(3)19(15(18)4)23-11-12-24-19/h6-10,13-15,17,20H,5,11-12H2,1-4H3/t13-,14-,15-,17-,18-/m0/s1. The van der Waals surface area contributed by atoms with Crippen molar-refractivity contribution >= 4 is 9.84 Å². The molecule has 1 aromatic carbocycles. The van der Waals surface area contributed by atoms with Gasteiger partial charge in [0.25, 0.3) is 0 Å². The molecule has 0 bridgehead atoms. The Morgan fingerprint density at radius 2 is 1.64 bits per heavy atom. The smallest absolute Gasteiger partial charge is 0.182 e. The first-order valence-electron chi connectivity index (χ1n) is 9.01. The molecule has 140 valence electrons. The van der Waals surface area contributed by atoms with E-state index in [0.29, 0.717) is 19.6 Å². The topological polar surface area (TPSA) is 72.8 Å². The van der Waals surface area contributed by atoms with Gasteiger partial charge in [-0.3, -0.25) is 0 Å². The zero-order chi connectivity index (χ0) is 18.5. The number of hydrogen-bond donors (Lipinski definition) is 1. The van der Waals surface area contributed by atoms with Crippen molar-refractivity contribution in [1.82, 2.24) is 0 Å². The molecule has 1 spiro atoms. The van der Waals surface area contributed by atoms with Crippen LogP contribution in [0.1, 0.15) is 34.1 Å². The van der Waals surface area contributed by atoms with E-state index in [0.717, 1.165) is 0 Å². The van der Waals surface area contributed by atoms with Gasteiger partial charge in [-0.15, -0.1) is 0 Å². The molecule has 6 heteroatoms. The molecular weight excluding hydrogens is 340 g/mol. The third-order valence-corrected chi connectivity index (χ3v) is 8.96. The molecule has 1 saturated heterocycles. The summed E-state index contributed by atoms with van der Waals surface area (Å²) in [7, 11) is -3.65. The van der Waals surface area contributed by atoms with Crippen molar-refractivity contribution < 1.29 is 23.0 Å². The van der Waals surface area contributed by atoms with Crippen molar-refractivity contribution in [2.24, 2.45) is 17.8 Å². The number of aliphatic hydroxyl groups is 1. The van der Waals surface area contributed by atoms with Crippen LogP contribution in [0.25, 0.3) is 0 Å². The number of rotatable bonds is 3. The summed E-state index contributed by atoms with van der Waals surface area (Å²) in [4.78, 5) is 0.278. The minimum Gasteiger partial charge on any atom is -0.389 e. The summed E-state index contributed by atoms with van der Waals surface area (Å²) in [6, 6.07) is 8.46. The maximum atomic E-state index is 13.4. The number of hydrogen-bond acceptors (Lipinski definition) is 5. The van der Waals surface area contributed by atoms with E-state index in [1.807, 2.05) is 27.7 Å².